The van der Waals surface area contributed by atoms with E-state index >= 15 is 0 Å². The molecule has 9 nitrogen and oxygen atoms in total. The van der Waals surface area contributed by atoms with Crippen LogP contribution in [0.1, 0.15) is 60.3 Å². The van der Waals surface area contributed by atoms with Gasteiger partial charge in [-0.25, -0.2) is 0 Å². The SMILES string of the molecule is CC1(C)OC[C@H]2O[C@H]3C[C@H]4O[C@@H](COC(=O)C(C)(C)C)C(=O)C[C@H](O)[C@@H]4O[C@@H]3CC[C@@H]2O1. The van der Waals surface area contributed by atoms with Crippen LogP contribution in [0.4, 0.5) is 0 Å². The first-order chi connectivity index (χ1) is 14.9. The van der Waals surface area contributed by atoms with Gasteiger partial charge in [-0.15, -0.1) is 0 Å². The molecule has 0 amide bonds. The minimum atomic E-state index is -0.985. The van der Waals surface area contributed by atoms with Gasteiger partial charge in [0.05, 0.1) is 42.5 Å². The van der Waals surface area contributed by atoms with Gasteiger partial charge in [-0.05, 0) is 47.5 Å². The number of rotatable bonds is 2. The third kappa shape index (κ3) is 5.18. The van der Waals surface area contributed by atoms with Gasteiger partial charge < -0.3 is 33.5 Å². The van der Waals surface area contributed by atoms with E-state index in [1.54, 1.807) is 20.8 Å². The number of carbonyl (C=O) groups excluding carboxylic acids is 2. The zero-order valence-electron chi connectivity index (χ0n) is 19.6. The summed E-state index contributed by atoms with van der Waals surface area (Å²) in [7, 11) is 0. The van der Waals surface area contributed by atoms with Crippen molar-refractivity contribution in [2.45, 2.75) is 115 Å². The van der Waals surface area contributed by atoms with Crippen LogP contribution in [0, 0.1) is 5.41 Å². The molecule has 4 fully saturated rings. The van der Waals surface area contributed by atoms with Crippen LogP contribution in [0.25, 0.3) is 0 Å². The van der Waals surface area contributed by atoms with Crippen LogP contribution in [-0.2, 0) is 38.0 Å². The Bertz CT molecular complexity index is 715. The third-order valence-corrected chi connectivity index (χ3v) is 6.57. The number of aliphatic hydroxyl groups is 1. The lowest BCUT2D eigenvalue weighted by atomic mass is 9.92. The summed E-state index contributed by atoms with van der Waals surface area (Å²) in [5.74, 6) is -1.35. The molecule has 4 aliphatic rings. The van der Waals surface area contributed by atoms with E-state index in [-0.39, 0.29) is 43.2 Å². The topological polar surface area (TPSA) is 110 Å². The van der Waals surface area contributed by atoms with Crippen molar-refractivity contribution in [2.75, 3.05) is 13.2 Å². The summed E-state index contributed by atoms with van der Waals surface area (Å²) in [5.41, 5.74) is -0.680. The lowest BCUT2D eigenvalue weighted by Gasteiger charge is -2.43. The van der Waals surface area contributed by atoms with E-state index in [9.17, 15) is 14.7 Å². The Kier molecular flexibility index (Phi) is 6.70. The Balaban J connectivity index is 1.44. The summed E-state index contributed by atoms with van der Waals surface area (Å²) in [6.45, 7) is 9.28. The van der Waals surface area contributed by atoms with Gasteiger partial charge in [-0.1, -0.05) is 0 Å². The van der Waals surface area contributed by atoms with Crippen molar-refractivity contribution in [3.8, 4) is 0 Å². The van der Waals surface area contributed by atoms with Crippen LogP contribution in [-0.4, -0.2) is 84.7 Å². The van der Waals surface area contributed by atoms with Gasteiger partial charge in [-0.3, -0.25) is 9.59 Å². The lowest BCUT2D eigenvalue weighted by molar-refractivity contribution is -0.317. The fraction of sp³-hybridized carbons (Fsp3) is 0.913. The molecule has 0 unspecified atom stereocenters. The largest absolute Gasteiger partial charge is 0.462 e. The van der Waals surface area contributed by atoms with Crippen LogP contribution >= 0.6 is 0 Å². The number of esters is 1. The maximum atomic E-state index is 12.7. The van der Waals surface area contributed by atoms with E-state index in [0.717, 1.165) is 12.8 Å². The van der Waals surface area contributed by atoms with Crippen LogP contribution in [0.5, 0.6) is 0 Å². The number of hydrogen-bond acceptors (Lipinski definition) is 9. The maximum Gasteiger partial charge on any atom is 0.311 e. The summed E-state index contributed by atoms with van der Waals surface area (Å²) in [5, 5.41) is 10.7. The predicted octanol–water partition coefficient (Wildman–Crippen LogP) is 1.52. The summed E-state index contributed by atoms with van der Waals surface area (Å²) in [6, 6.07) is 0. The van der Waals surface area contributed by atoms with E-state index in [2.05, 4.69) is 0 Å². The number of ketones is 1. The molecule has 0 bridgehead atoms. The monoisotopic (exact) mass is 456 g/mol. The van der Waals surface area contributed by atoms with Crippen molar-refractivity contribution in [3.63, 3.8) is 0 Å². The van der Waals surface area contributed by atoms with E-state index in [0.29, 0.717) is 13.0 Å². The quantitative estimate of drug-likeness (QED) is 0.619. The highest BCUT2D eigenvalue weighted by Gasteiger charge is 2.50. The van der Waals surface area contributed by atoms with Gasteiger partial charge >= 0.3 is 5.97 Å². The number of Topliss-reactive ketones (excluding diaryl/α,β-unsaturated/α-hetero) is 1. The Morgan fingerprint density at radius 3 is 2.50 bits per heavy atom. The molecular formula is C23H36O9. The fourth-order valence-corrected chi connectivity index (χ4v) is 4.79. The standard InChI is InChI=1S/C23H36O9/c1-22(2,3)21(26)27-10-18-12(24)8-13(25)20-17(30-18)9-16-14(31-20)6-7-15-19(29-16)11-28-23(4,5)32-15/h13-20,25H,6-11H2,1-5H3/t13-,14+,15-,16-,17+,18-,19+,20-/m0/s1. The molecular weight excluding hydrogens is 420 g/mol. The molecule has 0 saturated carbocycles. The van der Waals surface area contributed by atoms with E-state index in [1.807, 2.05) is 13.8 Å². The molecule has 0 aromatic heterocycles. The molecule has 32 heavy (non-hydrogen) atoms. The van der Waals surface area contributed by atoms with Crippen molar-refractivity contribution < 1.29 is 43.1 Å². The highest BCUT2D eigenvalue weighted by molar-refractivity contribution is 5.84. The molecule has 8 atom stereocenters. The Labute approximate surface area is 189 Å². The highest BCUT2D eigenvalue weighted by atomic mass is 16.7. The van der Waals surface area contributed by atoms with Crippen LogP contribution in [0.3, 0.4) is 0 Å². The minimum Gasteiger partial charge on any atom is -0.462 e. The van der Waals surface area contributed by atoms with Crippen molar-refractivity contribution in [1.82, 2.24) is 0 Å². The first kappa shape index (κ1) is 24.0. The molecule has 4 rings (SSSR count). The molecule has 1 N–H and O–H groups in total. The van der Waals surface area contributed by atoms with Crippen LogP contribution < -0.4 is 0 Å². The summed E-state index contributed by atoms with van der Waals surface area (Å²) in [4.78, 5) is 24.8. The number of hydrogen-bond donors (Lipinski definition) is 1. The normalized spacial score (nSPS) is 42.0. The van der Waals surface area contributed by atoms with Gasteiger partial charge in [0.1, 0.15) is 18.8 Å². The average molecular weight is 457 g/mol. The molecule has 4 aliphatic heterocycles. The second-order valence-corrected chi connectivity index (χ2v) is 10.8. The van der Waals surface area contributed by atoms with Gasteiger partial charge in [0.25, 0.3) is 0 Å². The smallest absolute Gasteiger partial charge is 0.311 e. The summed E-state index contributed by atoms with van der Waals surface area (Å²) >= 11 is 0. The molecule has 4 saturated heterocycles. The number of aliphatic hydroxyl groups excluding tert-OH is 1. The van der Waals surface area contributed by atoms with Crippen molar-refractivity contribution >= 4 is 11.8 Å². The van der Waals surface area contributed by atoms with Crippen LogP contribution in [0.2, 0.25) is 0 Å². The van der Waals surface area contributed by atoms with Gasteiger partial charge in [0, 0.05) is 12.8 Å². The lowest BCUT2D eigenvalue weighted by Crippen LogP contribution is -2.54. The van der Waals surface area contributed by atoms with Gasteiger partial charge in [0.15, 0.2) is 17.7 Å². The zero-order chi connectivity index (χ0) is 23.3. The Morgan fingerprint density at radius 1 is 1.06 bits per heavy atom. The second kappa shape index (κ2) is 8.92. The van der Waals surface area contributed by atoms with Crippen molar-refractivity contribution in [2.24, 2.45) is 5.41 Å². The molecule has 182 valence electrons. The number of fused-ring (bicyclic) bond motifs is 3. The first-order valence-electron chi connectivity index (χ1n) is 11.6. The zero-order valence-corrected chi connectivity index (χ0v) is 19.6. The minimum absolute atomic E-state index is 0.0882. The molecule has 0 aliphatic carbocycles. The number of carbonyl (C=O) groups is 2. The summed E-state index contributed by atoms with van der Waals surface area (Å²) in [6.07, 6.45) is -2.05. The number of ether oxygens (including phenoxy) is 6. The fourth-order valence-electron chi connectivity index (χ4n) is 4.79. The predicted molar refractivity (Wildman–Crippen MR) is 111 cm³/mol. The van der Waals surface area contributed by atoms with Crippen LogP contribution in [0.15, 0.2) is 0 Å². The van der Waals surface area contributed by atoms with Gasteiger partial charge in [-0.2, -0.15) is 0 Å². The maximum absolute atomic E-state index is 12.7. The molecule has 9 heteroatoms. The summed E-state index contributed by atoms with van der Waals surface area (Å²) < 4.78 is 35.8. The van der Waals surface area contributed by atoms with Crippen molar-refractivity contribution in [3.05, 3.63) is 0 Å². The second-order valence-electron chi connectivity index (χ2n) is 10.8. The Hall–Kier alpha value is -1.10. The van der Waals surface area contributed by atoms with E-state index < -0.39 is 41.6 Å². The Morgan fingerprint density at radius 2 is 1.78 bits per heavy atom. The van der Waals surface area contributed by atoms with E-state index in [1.165, 1.54) is 0 Å². The highest BCUT2D eigenvalue weighted by Crippen LogP contribution is 2.38. The molecule has 0 aromatic carbocycles. The van der Waals surface area contributed by atoms with Crippen molar-refractivity contribution in [1.29, 1.82) is 0 Å². The average Bonchev–Trinajstić information content (AvgIpc) is 2.93. The molecule has 4 heterocycles. The molecule has 0 spiro atoms. The van der Waals surface area contributed by atoms with E-state index in [4.69, 9.17) is 28.4 Å². The third-order valence-electron chi connectivity index (χ3n) is 6.57. The molecule has 0 aromatic rings. The first-order valence-corrected chi connectivity index (χ1v) is 11.6. The molecule has 0 radical (unpaired) electrons. The van der Waals surface area contributed by atoms with Gasteiger partial charge in [0.2, 0.25) is 0 Å².